The molecule has 1 fully saturated rings. The Morgan fingerprint density at radius 3 is 2.69 bits per heavy atom. The molecule has 29 heavy (non-hydrogen) atoms. The summed E-state index contributed by atoms with van der Waals surface area (Å²) < 4.78 is 6.65. The minimum Gasteiger partial charge on any atom is -0.489 e. The van der Waals surface area contributed by atoms with Crippen molar-refractivity contribution in [3.05, 3.63) is 81.3 Å². The van der Waals surface area contributed by atoms with E-state index in [9.17, 15) is 4.79 Å². The zero-order valence-electron chi connectivity index (χ0n) is 16.0. The van der Waals surface area contributed by atoms with Crippen molar-refractivity contribution in [2.45, 2.75) is 13.2 Å². The number of piperazine rings is 1. The maximum Gasteiger partial charge on any atom is 0.254 e. The van der Waals surface area contributed by atoms with Crippen molar-refractivity contribution in [2.75, 3.05) is 26.2 Å². The zero-order chi connectivity index (χ0) is 20.1. The van der Waals surface area contributed by atoms with Crippen LogP contribution in [0.4, 0.5) is 0 Å². The minimum atomic E-state index is 0.0515. The fourth-order valence-corrected chi connectivity index (χ4v) is 4.45. The molecule has 3 aromatic rings. The zero-order valence-corrected chi connectivity index (χ0v) is 17.5. The maximum atomic E-state index is 12.9. The quantitative estimate of drug-likeness (QED) is 0.587. The Balaban J connectivity index is 1.31. The first-order valence-electron chi connectivity index (χ1n) is 9.55. The molecule has 1 aromatic carbocycles. The summed E-state index contributed by atoms with van der Waals surface area (Å²) in [6, 6.07) is 15.3. The fraction of sp³-hybridized carbons (Fsp3) is 0.273. The van der Waals surface area contributed by atoms with Crippen molar-refractivity contribution in [1.82, 2.24) is 14.8 Å². The van der Waals surface area contributed by atoms with Gasteiger partial charge in [0, 0.05) is 61.1 Å². The summed E-state index contributed by atoms with van der Waals surface area (Å²) in [5, 5.41) is 0. The van der Waals surface area contributed by atoms with Crippen LogP contribution in [0.1, 0.15) is 20.8 Å². The number of nitrogens with zero attached hydrogens (tertiary/aromatic N) is 3. The fourth-order valence-electron chi connectivity index (χ4n) is 3.32. The van der Waals surface area contributed by atoms with Gasteiger partial charge in [-0.25, -0.2) is 0 Å². The molecule has 0 spiro atoms. The van der Waals surface area contributed by atoms with E-state index in [1.807, 2.05) is 47.4 Å². The summed E-state index contributed by atoms with van der Waals surface area (Å²) in [6.07, 6.45) is 3.51. The van der Waals surface area contributed by atoms with Gasteiger partial charge in [-0.1, -0.05) is 23.7 Å². The second kappa shape index (κ2) is 9.39. The third kappa shape index (κ3) is 5.35. The third-order valence-electron chi connectivity index (χ3n) is 4.88. The Kier molecular flexibility index (Phi) is 6.44. The van der Waals surface area contributed by atoms with Crippen LogP contribution >= 0.6 is 22.9 Å². The monoisotopic (exact) mass is 427 g/mol. The Hall–Kier alpha value is -2.41. The lowest BCUT2D eigenvalue weighted by molar-refractivity contribution is 0.0629. The molecular weight excluding hydrogens is 406 g/mol. The second-order valence-electron chi connectivity index (χ2n) is 6.95. The molecule has 2 aromatic heterocycles. The van der Waals surface area contributed by atoms with E-state index >= 15 is 0 Å². The van der Waals surface area contributed by atoms with Gasteiger partial charge in [0.2, 0.25) is 0 Å². The van der Waals surface area contributed by atoms with Gasteiger partial charge in [0.05, 0.1) is 4.34 Å². The summed E-state index contributed by atoms with van der Waals surface area (Å²) >= 11 is 7.63. The number of hydrogen-bond acceptors (Lipinski definition) is 5. The van der Waals surface area contributed by atoms with Crippen molar-refractivity contribution in [3.63, 3.8) is 0 Å². The molecule has 1 aliphatic rings. The maximum absolute atomic E-state index is 12.9. The van der Waals surface area contributed by atoms with Gasteiger partial charge < -0.3 is 9.64 Å². The lowest BCUT2D eigenvalue weighted by Gasteiger charge is -2.34. The lowest BCUT2D eigenvalue weighted by atomic mass is 10.1. The Bertz CT molecular complexity index is 955. The van der Waals surface area contributed by atoms with Gasteiger partial charge in [-0.3, -0.25) is 14.7 Å². The van der Waals surface area contributed by atoms with E-state index in [4.69, 9.17) is 16.3 Å². The van der Waals surface area contributed by atoms with Gasteiger partial charge in [0.1, 0.15) is 12.4 Å². The van der Waals surface area contributed by atoms with Gasteiger partial charge in [-0.05, 0) is 36.4 Å². The number of carbonyl (C=O) groups is 1. The first-order chi connectivity index (χ1) is 14.2. The molecule has 3 heterocycles. The van der Waals surface area contributed by atoms with Gasteiger partial charge in [-0.2, -0.15) is 0 Å². The van der Waals surface area contributed by atoms with E-state index in [2.05, 4.69) is 16.0 Å². The van der Waals surface area contributed by atoms with E-state index in [0.717, 1.165) is 42.6 Å². The highest BCUT2D eigenvalue weighted by Crippen LogP contribution is 2.23. The molecular formula is C22H22ClN3O2S. The molecule has 1 aliphatic heterocycles. The number of aromatic nitrogens is 1. The topological polar surface area (TPSA) is 45.7 Å². The van der Waals surface area contributed by atoms with Crippen LogP contribution < -0.4 is 4.74 Å². The highest BCUT2D eigenvalue weighted by molar-refractivity contribution is 7.16. The molecule has 5 nitrogen and oxygen atoms in total. The first kappa shape index (κ1) is 19.9. The predicted octanol–water partition coefficient (Wildman–Crippen LogP) is 4.33. The standard InChI is InChI=1S/C22H22ClN3O2S/c23-21-7-6-20(29-21)15-25-9-11-26(12-10-25)22(27)18-4-1-5-19(13-18)28-16-17-3-2-8-24-14-17/h1-8,13-14H,9-12,15-16H2. The number of rotatable bonds is 6. The van der Waals surface area contributed by atoms with Crippen LogP contribution in [0.15, 0.2) is 60.9 Å². The average Bonchev–Trinajstić information content (AvgIpc) is 3.18. The number of carbonyl (C=O) groups excluding carboxylic acids is 1. The first-order valence-corrected chi connectivity index (χ1v) is 10.7. The van der Waals surface area contributed by atoms with E-state index < -0.39 is 0 Å². The highest BCUT2D eigenvalue weighted by Gasteiger charge is 2.22. The second-order valence-corrected chi connectivity index (χ2v) is 8.75. The number of amides is 1. The molecule has 0 unspecified atom stereocenters. The van der Waals surface area contributed by atoms with Crippen LogP contribution in [-0.2, 0) is 13.2 Å². The number of halogens is 1. The number of thiophene rings is 1. The van der Waals surface area contributed by atoms with Crippen molar-refractivity contribution < 1.29 is 9.53 Å². The van der Waals surface area contributed by atoms with Crippen molar-refractivity contribution in [2.24, 2.45) is 0 Å². The SMILES string of the molecule is O=C(c1cccc(OCc2cccnc2)c1)N1CCN(Cc2ccc(Cl)s2)CC1. The summed E-state index contributed by atoms with van der Waals surface area (Å²) in [7, 11) is 0. The summed E-state index contributed by atoms with van der Waals surface area (Å²) in [5.41, 5.74) is 1.65. The molecule has 4 rings (SSSR count). The number of benzene rings is 1. The van der Waals surface area contributed by atoms with E-state index in [-0.39, 0.29) is 5.91 Å². The van der Waals surface area contributed by atoms with Crippen molar-refractivity contribution >= 4 is 28.8 Å². The summed E-state index contributed by atoms with van der Waals surface area (Å²) in [4.78, 5) is 22.5. The van der Waals surface area contributed by atoms with Crippen LogP contribution in [0, 0.1) is 0 Å². The number of pyridine rings is 1. The Labute approximate surface area is 179 Å². The van der Waals surface area contributed by atoms with E-state index in [0.29, 0.717) is 17.9 Å². The van der Waals surface area contributed by atoms with E-state index in [1.165, 1.54) is 4.88 Å². The molecule has 0 bridgehead atoms. The lowest BCUT2D eigenvalue weighted by Crippen LogP contribution is -2.48. The van der Waals surface area contributed by atoms with Gasteiger partial charge in [0.15, 0.2) is 0 Å². The average molecular weight is 428 g/mol. The molecule has 1 saturated heterocycles. The molecule has 0 radical (unpaired) electrons. The van der Waals surface area contributed by atoms with Crippen molar-refractivity contribution in [3.8, 4) is 5.75 Å². The smallest absolute Gasteiger partial charge is 0.254 e. The van der Waals surface area contributed by atoms with Gasteiger partial charge in [0.25, 0.3) is 5.91 Å². The molecule has 0 N–H and O–H groups in total. The normalized spacial score (nSPS) is 14.7. The van der Waals surface area contributed by atoms with Crippen LogP contribution in [0.2, 0.25) is 4.34 Å². The molecule has 7 heteroatoms. The largest absolute Gasteiger partial charge is 0.489 e. The Morgan fingerprint density at radius 1 is 1.10 bits per heavy atom. The number of hydrogen-bond donors (Lipinski definition) is 0. The summed E-state index contributed by atoms with van der Waals surface area (Å²) in [6.45, 7) is 4.47. The van der Waals surface area contributed by atoms with Crippen LogP contribution in [0.3, 0.4) is 0 Å². The summed E-state index contributed by atoms with van der Waals surface area (Å²) in [5.74, 6) is 0.739. The molecule has 150 valence electrons. The van der Waals surface area contributed by atoms with Crippen LogP contribution in [-0.4, -0.2) is 46.9 Å². The van der Waals surface area contributed by atoms with Crippen molar-refractivity contribution in [1.29, 1.82) is 0 Å². The molecule has 0 atom stereocenters. The van der Waals surface area contributed by atoms with Crippen LogP contribution in [0.25, 0.3) is 0 Å². The van der Waals surface area contributed by atoms with Gasteiger partial charge in [-0.15, -0.1) is 11.3 Å². The molecule has 0 saturated carbocycles. The van der Waals surface area contributed by atoms with Crippen LogP contribution in [0.5, 0.6) is 5.75 Å². The number of ether oxygens (including phenoxy) is 1. The molecule has 0 aliphatic carbocycles. The Morgan fingerprint density at radius 2 is 1.97 bits per heavy atom. The van der Waals surface area contributed by atoms with E-state index in [1.54, 1.807) is 23.7 Å². The molecule has 1 amide bonds. The predicted molar refractivity (Wildman–Crippen MR) is 116 cm³/mol. The van der Waals surface area contributed by atoms with Gasteiger partial charge >= 0.3 is 0 Å². The minimum absolute atomic E-state index is 0.0515. The third-order valence-corrected chi connectivity index (χ3v) is 6.09. The highest BCUT2D eigenvalue weighted by atomic mass is 35.5.